The first-order valence-electron chi connectivity index (χ1n) is 4.94. The molecule has 2 atom stereocenters. The average molecular weight is 208 g/mol. The largest absolute Gasteiger partial charge is 0.481 e. The fourth-order valence-corrected chi connectivity index (χ4v) is 2.08. The van der Waals surface area contributed by atoms with E-state index in [9.17, 15) is 9.59 Å². The number of hydrogen-bond donors (Lipinski definition) is 1. The molecule has 1 N–H and O–H groups in total. The minimum atomic E-state index is -0.769. The second kappa shape index (κ2) is 3.84. The number of rotatable bonds is 2. The van der Waals surface area contributed by atoms with Crippen molar-refractivity contribution in [2.45, 2.75) is 25.3 Å². The molecule has 0 amide bonds. The lowest BCUT2D eigenvalue weighted by molar-refractivity contribution is -0.141. The summed E-state index contributed by atoms with van der Waals surface area (Å²) in [6, 6.07) is 1.68. The maximum Gasteiger partial charge on any atom is 0.347 e. The quantitative estimate of drug-likeness (QED) is 0.775. The van der Waals surface area contributed by atoms with Gasteiger partial charge in [0.2, 0.25) is 0 Å². The maximum absolute atomic E-state index is 11.4. The highest BCUT2D eigenvalue weighted by Crippen LogP contribution is 2.33. The first-order chi connectivity index (χ1) is 7.18. The second-order valence-corrected chi connectivity index (χ2v) is 3.81. The van der Waals surface area contributed by atoms with Crippen molar-refractivity contribution in [2.75, 3.05) is 0 Å². The van der Waals surface area contributed by atoms with Gasteiger partial charge in [-0.05, 0) is 25.3 Å². The summed E-state index contributed by atoms with van der Waals surface area (Å²) in [6.45, 7) is 0. The molecule has 0 bridgehead atoms. The van der Waals surface area contributed by atoms with Gasteiger partial charge in [0.15, 0.2) is 0 Å². The van der Waals surface area contributed by atoms with Crippen molar-refractivity contribution < 1.29 is 9.90 Å². The number of carboxylic acids is 1. The standard InChI is InChI=1S/C10H12N2O3/c13-9(14)7-2-3-8(6-7)12-5-1-4-11-10(12)15/h1,4-5,7-8H,2-3,6H2,(H,13,14). The topological polar surface area (TPSA) is 72.2 Å². The molecule has 0 aromatic carbocycles. The zero-order valence-electron chi connectivity index (χ0n) is 8.17. The smallest absolute Gasteiger partial charge is 0.347 e. The highest BCUT2D eigenvalue weighted by atomic mass is 16.4. The highest BCUT2D eigenvalue weighted by Gasteiger charge is 2.30. The van der Waals surface area contributed by atoms with Crippen LogP contribution in [0.25, 0.3) is 0 Å². The van der Waals surface area contributed by atoms with Crippen LogP contribution in [0.1, 0.15) is 25.3 Å². The third-order valence-electron chi connectivity index (χ3n) is 2.89. The predicted molar refractivity (Wildman–Crippen MR) is 52.5 cm³/mol. The van der Waals surface area contributed by atoms with Crippen LogP contribution in [0.2, 0.25) is 0 Å². The Balaban J connectivity index is 2.18. The van der Waals surface area contributed by atoms with Crippen LogP contribution in [-0.2, 0) is 4.79 Å². The van der Waals surface area contributed by atoms with Crippen molar-refractivity contribution in [3.63, 3.8) is 0 Å². The lowest BCUT2D eigenvalue weighted by Crippen LogP contribution is -2.25. The first kappa shape index (κ1) is 9.89. The van der Waals surface area contributed by atoms with Gasteiger partial charge in [0.25, 0.3) is 0 Å². The van der Waals surface area contributed by atoms with E-state index in [2.05, 4.69) is 4.98 Å². The van der Waals surface area contributed by atoms with Crippen LogP contribution in [0, 0.1) is 5.92 Å². The van der Waals surface area contributed by atoms with E-state index >= 15 is 0 Å². The van der Waals surface area contributed by atoms with E-state index in [1.807, 2.05) is 0 Å². The molecule has 1 aromatic rings. The monoisotopic (exact) mass is 208 g/mol. The Morgan fingerprint density at radius 2 is 2.33 bits per heavy atom. The zero-order chi connectivity index (χ0) is 10.8. The van der Waals surface area contributed by atoms with Gasteiger partial charge in [0.1, 0.15) is 0 Å². The molecular formula is C10H12N2O3. The lowest BCUT2D eigenvalue weighted by atomic mass is 10.1. The summed E-state index contributed by atoms with van der Waals surface area (Å²) in [5.41, 5.74) is -0.298. The van der Waals surface area contributed by atoms with Gasteiger partial charge in [-0.2, -0.15) is 0 Å². The van der Waals surface area contributed by atoms with Gasteiger partial charge in [0.05, 0.1) is 5.92 Å². The van der Waals surface area contributed by atoms with Crippen LogP contribution in [-0.4, -0.2) is 20.6 Å². The molecule has 5 nitrogen and oxygen atoms in total. The molecule has 5 heteroatoms. The molecule has 0 aliphatic heterocycles. The number of aliphatic carboxylic acids is 1. The third kappa shape index (κ3) is 1.91. The Kier molecular flexibility index (Phi) is 2.53. The molecule has 1 aliphatic rings. The van der Waals surface area contributed by atoms with Crippen LogP contribution in [0.15, 0.2) is 23.3 Å². The molecule has 1 fully saturated rings. The predicted octanol–water partition coefficient (Wildman–Crippen LogP) is 0.669. The van der Waals surface area contributed by atoms with Crippen molar-refractivity contribution in [2.24, 2.45) is 5.92 Å². The molecule has 1 aliphatic carbocycles. The maximum atomic E-state index is 11.4. The van der Waals surface area contributed by atoms with Gasteiger partial charge in [-0.15, -0.1) is 0 Å². The van der Waals surface area contributed by atoms with Crippen molar-refractivity contribution in [3.05, 3.63) is 28.9 Å². The van der Waals surface area contributed by atoms with E-state index in [-0.39, 0.29) is 17.6 Å². The summed E-state index contributed by atoms with van der Waals surface area (Å²) in [4.78, 5) is 25.8. The molecule has 0 radical (unpaired) electrons. The van der Waals surface area contributed by atoms with Crippen LogP contribution in [0.3, 0.4) is 0 Å². The summed E-state index contributed by atoms with van der Waals surface area (Å²) in [7, 11) is 0. The van der Waals surface area contributed by atoms with Crippen molar-refractivity contribution in [3.8, 4) is 0 Å². The highest BCUT2D eigenvalue weighted by molar-refractivity contribution is 5.70. The van der Waals surface area contributed by atoms with Gasteiger partial charge < -0.3 is 5.11 Å². The number of carboxylic acid groups (broad SMARTS) is 1. The second-order valence-electron chi connectivity index (χ2n) is 3.81. The SMILES string of the molecule is O=C(O)C1CCC(n2cccnc2=O)C1. The normalized spacial score (nSPS) is 25.3. The number of nitrogens with zero attached hydrogens (tertiary/aromatic N) is 2. The number of aromatic nitrogens is 2. The molecule has 1 aromatic heterocycles. The summed E-state index contributed by atoms with van der Waals surface area (Å²) >= 11 is 0. The van der Waals surface area contributed by atoms with E-state index in [0.29, 0.717) is 12.8 Å². The van der Waals surface area contributed by atoms with Crippen molar-refractivity contribution in [1.29, 1.82) is 0 Å². The Hall–Kier alpha value is -1.65. The molecule has 0 spiro atoms. The van der Waals surface area contributed by atoms with E-state index in [0.717, 1.165) is 6.42 Å². The van der Waals surface area contributed by atoms with Gasteiger partial charge >= 0.3 is 11.7 Å². The van der Waals surface area contributed by atoms with E-state index < -0.39 is 5.97 Å². The average Bonchev–Trinajstić information content (AvgIpc) is 2.67. The Bertz CT molecular complexity index is 427. The van der Waals surface area contributed by atoms with Gasteiger partial charge in [-0.25, -0.2) is 9.78 Å². The minimum Gasteiger partial charge on any atom is -0.481 e. The van der Waals surface area contributed by atoms with Crippen LogP contribution >= 0.6 is 0 Å². The van der Waals surface area contributed by atoms with Gasteiger partial charge in [-0.3, -0.25) is 9.36 Å². The van der Waals surface area contributed by atoms with Gasteiger partial charge in [-0.1, -0.05) is 0 Å². The molecule has 1 saturated carbocycles. The Morgan fingerprint density at radius 1 is 1.53 bits per heavy atom. The van der Waals surface area contributed by atoms with Crippen molar-refractivity contribution in [1.82, 2.24) is 9.55 Å². The molecule has 0 saturated heterocycles. The molecule has 2 rings (SSSR count). The van der Waals surface area contributed by atoms with E-state index in [4.69, 9.17) is 5.11 Å². The van der Waals surface area contributed by atoms with Crippen LogP contribution < -0.4 is 5.69 Å². The molecule has 15 heavy (non-hydrogen) atoms. The molecule has 2 unspecified atom stereocenters. The fourth-order valence-electron chi connectivity index (χ4n) is 2.08. The fraction of sp³-hybridized carbons (Fsp3) is 0.500. The van der Waals surface area contributed by atoms with Crippen LogP contribution in [0.4, 0.5) is 0 Å². The molecule has 1 heterocycles. The minimum absolute atomic E-state index is 0.00713. The third-order valence-corrected chi connectivity index (χ3v) is 2.89. The lowest BCUT2D eigenvalue weighted by Gasteiger charge is -2.11. The van der Waals surface area contributed by atoms with E-state index in [1.54, 1.807) is 12.3 Å². The summed E-state index contributed by atoms with van der Waals surface area (Å²) in [6.07, 6.45) is 5.03. The number of carbonyl (C=O) groups is 1. The Morgan fingerprint density at radius 3 is 2.93 bits per heavy atom. The number of hydrogen-bond acceptors (Lipinski definition) is 3. The Labute approximate surface area is 86.4 Å². The molecule has 80 valence electrons. The van der Waals surface area contributed by atoms with Crippen LogP contribution in [0.5, 0.6) is 0 Å². The molecular weight excluding hydrogens is 196 g/mol. The van der Waals surface area contributed by atoms with E-state index in [1.165, 1.54) is 10.8 Å². The van der Waals surface area contributed by atoms with Crippen molar-refractivity contribution >= 4 is 5.97 Å². The zero-order valence-corrected chi connectivity index (χ0v) is 8.17. The summed E-state index contributed by atoms with van der Waals surface area (Å²) < 4.78 is 1.53. The first-order valence-corrected chi connectivity index (χ1v) is 4.94. The van der Waals surface area contributed by atoms with Gasteiger partial charge in [0, 0.05) is 18.4 Å². The summed E-state index contributed by atoms with van der Waals surface area (Å²) in [5.74, 6) is -1.09. The summed E-state index contributed by atoms with van der Waals surface area (Å²) in [5, 5.41) is 8.84.